The second-order valence-corrected chi connectivity index (χ2v) is 3.64. The summed E-state index contributed by atoms with van der Waals surface area (Å²) < 4.78 is 10.7. The highest BCUT2D eigenvalue weighted by Crippen LogP contribution is 2.35. The first kappa shape index (κ1) is 8.59. The van der Waals surface area contributed by atoms with Crippen molar-refractivity contribution in [1.82, 2.24) is 0 Å². The van der Waals surface area contributed by atoms with Gasteiger partial charge in [0.15, 0.2) is 17.7 Å². The van der Waals surface area contributed by atoms with Crippen LogP contribution >= 0.6 is 0 Å². The van der Waals surface area contributed by atoms with Gasteiger partial charge < -0.3 is 9.47 Å². The molecule has 1 heterocycles. The van der Waals surface area contributed by atoms with Gasteiger partial charge in [-0.2, -0.15) is 0 Å². The molecule has 0 saturated carbocycles. The Morgan fingerprint density at radius 2 is 2.00 bits per heavy atom. The number of hydrogen-bond acceptors (Lipinski definition) is 4. The third-order valence-corrected chi connectivity index (χ3v) is 2.15. The maximum Gasteiger partial charge on any atom is 0.188 e. The van der Waals surface area contributed by atoms with Gasteiger partial charge in [-0.15, -0.1) is 0 Å². The molecule has 2 atom stereocenters. The van der Waals surface area contributed by atoms with E-state index in [0.29, 0.717) is 11.9 Å². The zero-order chi connectivity index (χ0) is 9.64. The van der Waals surface area contributed by atoms with E-state index in [1.54, 1.807) is 13.8 Å². The summed E-state index contributed by atoms with van der Waals surface area (Å²) in [5.41, 5.74) is 0.376. The molecule has 1 aliphatic carbocycles. The zero-order valence-electron chi connectivity index (χ0n) is 7.44. The quantitative estimate of drug-likeness (QED) is 0.544. The molecule has 0 amide bonds. The van der Waals surface area contributed by atoms with Crippen molar-refractivity contribution in [3.05, 3.63) is 11.6 Å². The summed E-state index contributed by atoms with van der Waals surface area (Å²) in [5, 5.41) is 0. The summed E-state index contributed by atoms with van der Waals surface area (Å²) >= 11 is 0. The Labute approximate surface area is 75.5 Å². The van der Waals surface area contributed by atoms with Crippen LogP contribution in [0.1, 0.15) is 13.8 Å². The number of hydrogen-bond donors (Lipinski definition) is 0. The first-order valence-corrected chi connectivity index (χ1v) is 4.10. The number of carbonyl (C=O) groups excluding carboxylic acids is 2. The predicted octanol–water partition coefficient (Wildman–Crippen LogP) is 0.214. The lowest BCUT2D eigenvalue weighted by molar-refractivity contribution is -0.153. The van der Waals surface area contributed by atoms with Crippen LogP contribution in [-0.2, 0) is 19.1 Å². The molecule has 0 bridgehead atoms. The van der Waals surface area contributed by atoms with Crippen molar-refractivity contribution in [3.8, 4) is 0 Å². The fourth-order valence-corrected chi connectivity index (χ4v) is 1.64. The van der Waals surface area contributed by atoms with Crippen molar-refractivity contribution in [2.24, 2.45) is 0 Å². The highest BCUT2D eigenvalue weighted by Gasteiger charge is 2.49. The lowest BCUT2D eigenvalue weighted by atomic mass is 10.2. The van der Waals surface area contributed by atoms with E-state index >= 15 is 0 Å². The van der Waals surface area contributed by atoms with Crippen LogP contribution in [0.25, 0.3) is 0 Å². The molecular weight excluding hydrogens is 172 g/mol. The van der Waals surface area contributed by atoms with Crippen LogP contribution in [0.15, 0.2) is 11.6 Å². The van der Waals surface area contributed by atoms with Crippen LogP contribution in [0.3, 0.4) is 0 Å². The summed E-state index contributed by atoms with van der Waals surface area (Å²) in [7, 11) is 0. The van der Waals surface area contributed by atoms with Crippen LogP contribution < -0.4 is 0 Å². The van der Waals surface area contributed by atoms with Crippen LogP contribution in [0.2, 0.25) is 0 Å². The maximum atomic E-state index is 11.3. The highest BCUT2D eigenvalue weighted by molar-refractivity contribution is 6.04. The molecule has 1 fully saturated rings. The second-order valence-electron chi connectivity index (χ2n) is 3.64. The average Bonchev–Trinajstić information content (AvgIpc) is 2.47. The molecule has 13 heavy (non-hydrogen) atoms. The Morgan fingerprint density at radius 1 is 1.38 bits per heavy atom. The lowest BCUT2D eigenvalue weighted by Gasteiger charge is -2.17. The van der Waals surface area contributed by atoms with Crippen molar-refractivity contribution in [2.45, 2.75) is 31.8 Å². The van der Waals surface area contributed by atoms with E-state index in [-0.39, 0.29) is 5.78 Å². The topological polar surface area (TPSA) is 52.6 Å². The third-order valence-electron chi connectivity index (χ3n) is 2.15. The molecule has 4 heteroatoms. The number of fused-ring (bicyclic) bond motifs is 1. The number of aldehydes is 1. The average molecular weight is 182 g/mol. The van der Waals surface area contributed by atoms with Crippen molar-refractivity contribution in [2.75, 3.05) is 0 Å². The van der Waals surface area contributed by atoms with Crippen molar-refractivity contribution in [1.29, 1.82) is 0 Å². The Morgan fingerprint density at radius 3 is 2.62 bits per heavy atom. The van der Waals surface area contributed by atoms with Crippen molar-refractivity contribution in [3.63, 3.8) is 0 Å². The molecule has 1 saturated heterocycles. The molecule has 0 radical (unpaired) electrons. The molecule has 70 valence electrons. The lowest BCUT2D eigenvalue weighted by Crippen LogP contribution is -2.25. The molecule has 0 aromatic rings. The SMILES string of the molecule is CC1(C)O[C@@H]2C(=O)C=C(C=O)[C@@H]2O1. The molecule has 0 aromatic carbocycles. The monoisotopic (exact) mass is 182 g/mol. The standard InChI is InChI=1S/C9H10O4/c1-9(2)12-7-5(4-10)3-6(11)8(7)13-9/h3-4,7-8H,1-2H3/t7-,8+/m0/s1. The van der Waals surface area contributed by atoms with Gasteiger partial charge in [0.1, 0.15) is 12.4 Å². The van der Waals surface area contributed by atoms with E-state index < -0.39 is 18.0 Å². The summed E-state index contributed by atoms with van der Waals surface area (Å²) in [4.78, 5) is 21.8. The van der Waals surface area contributed by atoms with Crippen molar-refractivity contribution >= 4 is 12.1 Å². The van der Waals surface area contributed by atoms with Gasteiger partial charge in [-0.3, -0.25) is 9.59 Å². The predicted molar refractivity (Wildman–Crippen MR) is 43.0 cm³/mol. The summed E-state index contributed by atoms with van der Waals surface area (Å²) in [6, 6.07) is 0. The third kappa shape index (κ3) is 1.22. The molecule has 0 aromatic heterocycles. The molecule has 1 aliphatic heterocycles. The van der Waals surface area contributed by atoms with E-state index in [0.717, 1.165) is 0 Å². The Balaban J connectivity index is 2.29. The molecule has 0 spiro atoms. The number of rotatable bonds is 1. The largest absolute Gasteiger partial charge is 0.339 e. The van der Waals surface area contributed by atoms with Gasteiger partial charge in [-0.25, -0.2) is 0 Å². The van der Waals surface area contributed by atoms with E-state index in [1.807, 2.05) is 0 Å². The van der Waals surface area contributed by atoms with Gasteiger partial charge in [-0.1, -0.05) is 0 Å². The highest BCUT2D eigenvalue weighted by atomic mass is 16.8. The molecule has 2 aliphatic rings. The van der Waals surface area contributed by atoms with Gasteiger partial charge in [-0.05, 0) is 19.9 Å². The van der Waals surface area contributed by atoms with E-state index in [9.17, 15) is 9.59 Å². The fourth-order valence-electron chi connectivity index (χ4n) is 1.64. The van der Waals surface area contributed by atoms with Gasteiger partial charge in [0, 0.05) is 5.57 Å². The van der Waals surface area contributed by atoms with Gasteiger partial charge in [0.2, 0.25) is 0 Å². The maximum absolute atomic E-state index is 11.3. The van der Waals surface area contributed by atoms with Gasteiger partial charge in [0.05, 0.1) is 0 Å². The molecular formula is C9H10O4. The normalized spacial score (nSPS) is 35.8. The summed E-state index contributed by atoms with van der Waals surface area (Å²) in [5.74, 6) is -0.953. The fraction of sp³-hybridized carbons (Fsp3) is 0.556. The number of ketones is 1. The molecule has 0 N–H and O–H groups in total. The Kier molecular flexibility index (Phi) is 1.65. The Bertz CT molecular complexity index is 303. The number of ether oxygens (including phenoxy) is 2. The minimum absolute atomic E-state index is 0.183. The van der Waals surface area contributed by atoms with E-state index in [1.165, 1.54) is 6.08 Å². The first-order valence-electron chi connectivity index (χ1n) is 4.10. The smallest absolute Gasteiger partial charge is 0.188 e. The Hall–Kier alpha value is -1.00. The second kappa shape index (κ2) is 2.49. The minimum Gasteiger partial charge on any atom is -0.339 e. The van der Waals surface area contributed by atoms with Crippen LogP contribution in [0.5, 0.6) is 0 Å². The molecule has 2 rings (SSSR count). The zero-order valence-corrected chi connectivity index (χ0v) is 7.44. The minimum atomic E-state index is -0.770. The molecule has 0 unspecified atom stereocenters. The summed E-state index contributed by atoms with van der Waals surface area (Å²) in [6.07, 6.45) is 0.820. The van der Waals surface area contributed by atoms with E-state index in [2.05, 4.69) is 0 Å². The van der Waals surface area contributed by atoms with Crippen molar-refractivity contribution < 1.29 is 19.1 Å². The number of carbonyl (C=O) groups is 2. The van der Waals surface area contributed by atoms with Crippen LogP contribution in [0, 0.1) is 0 Å². The van der Waals surface area contributed by atoms with Crippen LogP contribution in [0.4, 0.5) is 0 Å². The summed E-state index contributed by atoms with van der Waals surface area (Å²) in [6.45, 7) is 3.45. The van der Waals surface area contributed by atoms with Crippen LogP contribution in [-0.4, -0.2) is 30.1 Å². The first-order chi connectivity index (χ1) is 6.03. The van der Waals surface area contributed by atoms with E-state index in [4.69, 9.17) is 9.47 Å². The van der Waals surface area contributed by atoms with Gasteiger partial charge >= 0.3 is 0 Å². The van der Waals surface area contributed by atoms with Gasteiger partial charge in [0.25, 0.3) is 0 Å². The molecule has 4 nitrogen and oxygen atoms in total.